The summed E-state index contributed by atoms with van der Waals surface area (Å²) in [6.45, 7) is -0.0683. The third kappa shape index (κ3) is 2.95. The van der Waals surface area contributed by atoms with Crippen molar-refractivity contribution < 1.29 is 13.5 Å². The van der Waals surface area contributed by atoms with E-state index in [9.17, 15) is 8.42 Å². The molecule has 0 saturated heterocycles. The molecule has 1 heterocycles. The van der Waals surface area contributed by atoms with Crippen LogP contribution in [0, 0.1) is 0 Å². The quantitative estimate of drug-likeness (QED) is 0.852. The Hall–Kier alpha value is -1.24. The fourth-order valence-electron chi connectivity index (χ4n) is 1.49. The first kappa shape index (κ1) is 13.2. The predicted octanol–water partition coefficient (Wildman–Crippen LogP) is 2.01. The van der Waals surface area contributed by atoms with E-state index >= 15 is 0 Å². The van der Waals surface area contributed by atoms with Crippen molar-refractivity contribution in [3.05, 3.63) is 36.4 Å². The molecule has 0 saturated carbocycles. The highest BCUT2D eigenvalue weighted by Gasteiger charge is 2.18. The number of aliphatic hydroxyl groups excluding tert-OH is 1. The van der Waals surface area contributed by atoms with Gasteiger partial charge in [-0.05, 0) is 18.6 Å². The minimum absolute atomic E-state index is 0.0172. The molecule has 18 heavy (non-hydrogen) atoms. The van der Waals surface area contributed by atoms with Crippen LogP contribution in [0.2, 0.25) is 0 Å². The van der Waals surface area contributed by atoms with Crippen LogP contribution in [0.25, 0.3) is 10.2 Å². The number of hydrogen-bond acceptors (Lipinski definition) is 5. The zero-order valence-corrected chi connectivity index (χ0v) is 11.2. The lowest BCUT2D eigenvalue weighted by atomic mass is 10.3. The van der Waals surface area contributed by atoms with Crippen molar-refractivity contribution in [2.45, 2.75) is 10.8 Å². The van der Waals surface area contributed by atoms with Crippen LogP contribution in [0.15, 0.2) is 40.8 Å². The van der Waals surface area contributed by atoms with Gasteiger partial charge in [0, 0.05) is 0 Å². The molecule has 96 valence electrons. The molecule has 0 fully saturated rings. The number of aromatic nitrogens is 1. The highest BCUT2D eigenvalue weighted by molar-refractivity contribution is 7.93. The molecular weight excluding hydrogens is 270 g/mol. The van der Waals surface area contributed by atoms with Gasteiger partial charge in [-0.3, -0.25) is 0 Å². The van der Waals surface area contributed by atoms with Crippen molar-refractivity contribution in [3.63, 3.8) is 0 Å². The summed E-state index contributed by atoms with van der Waals surface area (Å²) in [5, 5.41) is 8.56. The summed E-state index contributed by atoms with van der Waals surface area (Å²) >= 11 is 1.20. The number of benzene rings is 1. The van der Waals surface area contributed by atoms with Gasteiger partial charge in [0.15, 0.2) is 0 Å². The van der Waals surface area contributed by atoms with Crippen LogP contribution in [0.3, 0.4) is 0 Å². The highest BCUT2D eigenvalue weighted by Crippen LogP contribution is 2.26. The van der Waals surface area contributed by atoms with E-state index in [-0.39, 0.29) is 16.7 Å². The van der Waals surface area contributed by atoms with Gasteiger partial charge in [0.25, 0.3) is 0 Å². The Balaban J connectivity index is 2.21. The average molecular weight is 283 g/mol. The maximum absolute atomic E-state index is 12.0. The molecule has 2 aromatic rings. The van der Waals surface area contributed by atoms with E-state index in [2.05, 4.69) is 4.98 Å². The van der Waals surface area contributed by atoms with Crippen molar-refractivity contribution in [2.24, 2.45) is 0 Å². The Labute approximate surface area is 110 Å². The molecule has 2 rings (SSSR count). The molecule has 0 aliphatic carbocycles. The molecule has 1 aromatic carbocycles. The number of allylic oxidation sites excluding steroid dienone is 1. The largest absolute Gasteiger partial charge is 0.392 e. The van der Waals surface area contributed by atoms with Crippen LogP contribution in [0.5, 0.6) is 0 Å². The number of rotatable bonds is 5. The van der Waals surface area contributed by atoms with Gasteiger partial charge < -0.3 is 5.11 Å². The number of fused-ring (bicyclic) bond motifs is 1. The molecule has 0 amide bonds. The van der Waals surface area contributed by atoms with Gasteiger partial charge in [-0.1, -0.05) is 24.3 Å². The fraction of sp³-hybridized carbons (Fsp3) is 0.250. The van der Waals surface area contributed by atoms with Crippen molar-refractivity contribution in [2.75, 3.05) is 12.4 Å². The molecule has 6 heteroatoms. The number of hydrogen-bond donors (Lipinski definition) is 1. The minimum atomic E-state index is -3.33. The minimum Gasteiger partial charge on any atom is -0.392 e. The Kier molecular flexibility index (Phi) is 4.11. The van der Waals surface area contributed by atoms with Crippen LogP contribution >= 0.6 is 11.3 Å². The van der Waals surface area contributed by atoms with Crippen molar-refractivity contribution in [1.82, 2.24) is 4.98 Å². The molecule has 0 radical (unpaired) electrons. The molecule has 0 unspecified atom stereocenters. The molecule has 1 aromatic heterocycles. The zero-order valence-electron chi connectivity index (χ0n) is 9.61. The summed E-state index contributed by atoms with van der Waals surface area (Å²) in [4.78, 5) is 4.14. The topological polar surface area (TPSA) is 67.3 Å². The van der Waals surface area contributed by atoms with Gasteiger partial charge in [-0.2, -0.15) is 0 Å². The van der Waals surface area contributed by atoms with Gasteiger partial charge >= 0.3 is 0 Å². The smallest absolute Gasteiger partial charge is 0.210 e. The van der Waals surface area contributed by atoms with E-state index in [1.54, 1.807) is 12.1 Å². The highest BCUT2D eigenvalue weighted by atomic mass is 32.2. The van der Waals surface area contributed by atoms with Gasteiger partial charge in [-0.15, -0.1) is 11.3 Å². The first-order valence-electron chi connectivity index (χ1n) is 5.48. The maximum atomic E-state index is 12.0. The Morgan fingerprint density at radius 3 is 2.78 bits per heavy atom. The van der Waals surface area contributed by atoms with Gasteiger partial charge in [0.2, 0.25) is 14.2 Å². The summed E-state index contributed by atoms with van der Waals surface area (Å²) in [5.74, 6) is 0.0172. The summed E-state index contributed by atoms with van der Waals surface area (Å²) in [6.07, 6.45) is 3.58. The summed E-state index contributed by atoms with van der Waals surface area (Å²) in [5.41, 5.74) is 0.715. The average Bonchev–Trinajstić information content (AvgIpc) is 2.79. The monoisotopic (exact) mass is 283 g/mol. The molecule has 0 aliphatic heterocycles. The lowest BCUT2D eigenvalue weighted by Crippen LogP contribution is -2.05. The molecular formula is C12H13NO3S2. The first-order valence-corrected chi connectivity index (χ1v) is 7.94. The molecule has 0 bridgehead atoms. The van der Waals surface area contributed by atoms with Crippen molar-refractivity contribution >= 4 is 31.4 Å². The van der Waals surface area contributed by atoms with E-state index in [0.29, 0.717) is 11.9 Å². The number of thiazole rings is 1. The van der Waals surface area contributed by atoms with Crippen molar-refractivity contribution in [3.8, 4) is 0 Å². The normalized spacial score (nSPS) is 12.5. The van der Waals surface area contributed by atoms with E-state index in [1.165, 1.54) is 17.4 Å². The first-order chi connectivity index (χ1) is 8.63. The SMILES string of the molecule is O=S(=O)(CC/C=C/CO)c1nc2ccccc2s1. The number of para-hydroxylation sites is 1. The van der Waals surface area contributed by atoms with E-state index in [1.807, 2.05) is 18.2 Å². The summed E-state index contributed by atoms with van der Waals surface area (Å²) < 4.78 is 25.1. The van der Waals surface area contributed by atoms with Gasteiger partial charge in [0.1, 0.15) is 0 Å². The molecule has 1 N–H and O–H groups in total. The fourth-order valence-corrected chi connectivity index (χ4v) is 4.07. The zero-order chi connectivity index (χ0) is 13.0. The van der Waals surface area contributed by atoms with Gasteiger partial charge in [0.05, 0.1) is 22.6 Å². The summed E-state index contributed by atoms with van der Waals surface area (Å²) in [7, 11) is -3.33. The second-order valence-corrected chi connectivity index (χ2v) is 7.02. The van der Waals surface area contributed by atoms with Crippen LogP contribution in [0.4, 0.5) is 0 Å². The van der Waals surface area contributed by atoms with E-state index in [0.717, 1.165) is 4.70 Å². The Morgan fingerprint density at radius 1 is 1.28 bits per heavy atom. The van der Waals surface area contributed by atoms with Crippen LogP contribution < -0.4 is 0 Å². The van der Waals surface area contributed by atoms with E-state index in [4.69, 9.17) is 5.11 Å². The third-order valence-electron chi connectivity index (χ3n) is 2.37. The summed E-state index contributed by atoms with van der Waals surface area (Å²) in [6, 6.07) is 7.36. The molecule has 0 atom stereocenters. The van der Waals surface area contributed by atoms with E-state index < -0.39 is 9.84 Å². The lowest BCUT2D eigenvalue weighted by Gasteiger charge is -1.96. The second-order valence-electron chi connectivity index (χ2n) is 3.71. The van der Waals surface area contributed by atoms with Crippen LogP contribution in [-0.4, -0.2) is 30.9 Å². The molecule has 4 nitrogen and oxygen atoms in total. The third-order valence-corrected chi connectivity index (χ3v) is 5.61. The predicted molar refractivity (Wildman–Crippen MR) is 72.5 cm³/mol. The Bertz CT molecular complexity index is 626. The maximum Gasteiger partial charge on any atom is 0.210 e. The second kappa shape index (κ2) is 5.60. The van der Waals surface area contributed by atoms with Crippen LogP contribution in [-0.2, 0) is 9.84 Å². The standard InChI is InChI=1S/C12H13NO3S2/c14-8-4-1-5-9-18(15,16)12-13-10-6-2-3-7-11(10)17-12/h1-4,6-7,14H,5,8-9H2/b4-1+. The van der Waals surface area contributed by atoms with Crippen molar-refractivity contribution in [1.29, 1.82) is 0 Å². The molecule has 0 aliphatic rings. The number of nitrogens with zero attached hydrogens (tertiary/aromatic N) is 1. The van der Waals surface area contributed by atoms with Crippen LogP contribution in [0.1, 0.15) is 6.42 Å². The lowest BCUT2D eigenvalue weighted by molar-refractivity contribution is 0.342. The number of aliphatic hydroxyl groups is 1. The Morgan fingerprint density at radius 2 is 2.06 bits per heavy atom. The number of sulfone groups is 1. The van der Waals surface area contributed by atoms with Gasteiger partial charge in [-0.25, -0.2) is 13.4 Å². The molecule has 0 spiro atoms.